The monoisotopic (exact) mass is 231 g/mol. The Kier molecular flexibility index (Phi) is 2.95. The van der Waals surface area contributed by atoms with E-state index in [4.69, 9.17) is 5.73 Å². The molecule has 0 bridgehead atoms. The van der Waals surface area contributed by atoms with Crippen molar-refractivity contribution in [3.05, 3.63) is 47.4 Å². The molecular formula is C13H14FN3. The zero-order chi connectivity index (χ0) is 12.4. The lowest BCUT2D eigenvalue weighted by Gasteiger charge is -2.09. The third kappa shape index (κ3) is 2.53. The van der Waals surface area contributed by atoms with E-state index in [0.717, 1.165) is 11.1 Å². The largest absolute Gasteiger partial charge is 0.397 e. The van der Waals surface area contributed by atoms with Crippen molar-refractivity contribution in [2.75, 3.05) is 11.1 Å². The van der Waals surface area contributed by atoms with E-state index >= 15 is 0 Å². The molecule has 0 saturated heterocycles. The number of rotatable bonds is 2. The van der Waals surface area contributed by atoms with E-state index in [1.807, 2.05) is 13.8 Å². The van der Waals surface area contributed by atoms with Crippen molar-refractivity contribution >= 4 is 17.2 Å². The summed E-state index contributed by atoms with van der Waals surface area (Å²) in [4.78, 5) is 4.10. The minimum Gasteiger partial charge on any atom is -0.397 e. The molecule has 0 unspecified atom stereocenters. The standard InChI is InChI=1S/C13H14FN3/c1-8-3-4-10(14)12(5-8)17-13-6-9(2)11(15)7-16-13/h3-7H,15H2,1-2H3,(H,16,17). The Morgan fingerprint density at radius 3 is 2.71 bits per heavy atom. The van der Waals surface area contributed by atoms with Crippen LogP contribution in [0.25, 0.3) is 0 Å². The topological polar surface area (TPSA) is 50.9 Å². The molecule has 88 valence electrons. The minimum atomic E-state index is -0.299. The Balaban J connectivity index is 2.31. The Morgan fingerprint density at radius 1 is 1.24 bits per heavy atom. The molecule has 2 rings (SSSR count). The summed E-state index contributed by atoms with van der Waals surface area (Å²) in [6.45, 7) is 3.79. The molecule has 1 heterocycles. The van der Waals surface area contributed by atoms with E-state index in [0.29, 0.717) is 17.2 Å². The molecule has 0 spiro atoms. The fraction of sp³-hybridized carbons (Fsp3) is 0.154. The minimum absolute atomic E-state index is 0.299. The van der Waals surface area contributed by atoms with Crippen LogP contribution in [-0.4, -0.2) is 4.98 Å². The second-order valence-electron chi connectivity index (χ2n) is 4.03. The molecular weight excluding hydrogens is 217 g/mol. The van der Waals surface area contributed by atoms with Crippen molar-refractivity contribution < 1.29 is 4.39 Å². The van der Waals surface area contributed by atoms with Crippen LogP contribution in [-0.2, 0) is 0 Å². The molecule has 0 aliphatic rings. The van der Waals surface area contributed by atoms with E-state index < -0.39 is 0 Å². The maximum atomic E-state index is 13.5. The maximum absolute atomic E-state index is 13.5. The lowest BCUT2D eigenvalue weighted by atomic mass is 10.2. The van der Waals surface area contributed by atoms with Gasteiger partial charge in [0.25, 0.3) is 0 Å². The molecule has 1 aromatic heterocycles. The van der Waals surface area contributed by atoms with Gasteiger partial charge in [-0.2, -0.15) is 0 Å². The number of pyridine rings is 1. The predicted molar refractivity (Wildman–Crippen MR) is 67.8 cm³/mol. The lowest BCUT2D eigenvalue weighted by molar-refractivity contribution is 0.631. The van der Waals surface area contributed by atoms with Crippen LogP contribution < -0.4 is 11.1 Å². The molecule has 0 amide bonds. The lowest BCUT2D eigenvalue weighted by Crippen LogP contribution is -1.99. The number of benzene rings is 1. The highest BCUT2D eigenvalue weighted by molar-refractivity contribution is 5.60. The van der Waals surface area contributed by atoms with E-state index in [1.54, 1.807) is 24.4 Å². The van der Waals surface area contributed by atoms with E-state index in [1.165, 1.54) is 6.07 Å². The van der Waals surface area contributed by atoms with Gasteiger partial charge in [-0.15, -0.1) is 0 Å². The summed E-state index contributed by atoms with van der Waals surface area (Å²) in [5.41, 5.74) is 8.61. The number of hydrogen-bond donors (Lipinski definition) is 2. The number of halogens is 1. The summed E-state index contributed by atoms with van der Waals surface area (Å²) in [6, 6.07) is 6.68. The van der Waals surface area contributed by atoms with Gasteiger partial charge in [-0.05, 0) is 43.2 Å². The fourth-order valence-electron chi connectivity index (χ4n) is 1.51. The van der Waals surface area contributed by atoms with Gasteiger partial charge in [-0.25, -0.2) is 9.37 Å². The zero-order valence-electron chi connectivity index (χ0n) is 9.79. The Hall–Kier alpha value is -2.10. The predicted octanol–water partition coefficient (Wildman–Crippen LogP) is 3.16. The third-order valence-corrected chi connectivity index (χ3v) is 2.54. The molecule has 0 fully saturated rings. The molecule has 0 saturated carbocycles. The van der Waals surface area contributed by atoms with Crippen LogP contribution in [0.5, 0.6) is 0 Å². The Bertz CT molecular complexity index is 552. The summed E-state index contributed by atoms with van der Waals surface area (Å²) in [6.07, 6.45) is 1.56. The van der Waals surface area contributed by atoms with Crippen LogP contribution in [0.15, 0.2) is 30.5 Å². The average Bonchev–Trinajstić information content (AvgIpc) is 2.29. The number of anilines is 3. The van der Waals surface area contributed by atoms with Crippen LogP contribution in [0.1, 0.15) is 11.1 Å². The average molecular weight is 231 g/mol. The van der Waals surface area contributed by atoms with Gasteiger partial charge in [0, 0.05) is 0 Å². The molecule has 4 heteroatoms. The second kappa shape index (κ2) is 4.41. The van der Waals surface area contributed by atoms with Gasteiger partial charge >= 0.3 is 0 Å². The smallest absolute Gasteiger partial charge is 0.146 e. The Morgan fingerprint density at radius 2 is 2.00 bits per heavy atom. The first kappa shape index (κ1) is 11.4. The van der Waals surface area contributed by atoms with Crippen molar-refractivity contribution in [2.45, 2.75) is 13.8 Å². The van der Waals surface area contributed by atoms with Crippen LogP contribution in [0.3, 0.4) is 0 Å². The molecule has 1 aromatic carbocycles. The summed E-state index contributed by atoms with van der Waals surface area (Å²) in [5, 5.41) is 2.94. The number of aromatic nitrogens is 1. The maximum Gasteiger partial charge on any atom is 0.146 e. The Labute approximate surface area is 99.5 Å². The van der Waals surface area contributed by atoms with Gasteiger partial charge in [-0.3, -0.25) is 0 Å². The quantitative estimate of drug-likeness (QED) is 0.834. The van der Waals surface area contributed by atoms with Crippen molar-refractivity contribution in [3.63, 3.8) is 0 Å². The fourth-order valence-corrected chi connectivity index (χ4v) is 1.51. The van der Waals surface area contributed by atoms with Crippen molar-refractivity contribution in [1.82, 2.24) is 4.98 Å². The zero-order valence-corrected chi connectivity index (χ0v) is 9.79. The van der Waals surface area contributed by atoms with Gasteiger partial charge < -0.3 is 11.1 Å². The number of nitrogens with zero attached hydrogens (tertiary/aromatic N) is 1. The molecule has 17 heavy (non-hydrogen) atoms. The van der Waals surface area contributed by atoms with Crippen LogP contribution in [0, 0.1) is 19.7 Å². The second-order valence-corrected chi connectivity index (χ2v) is 4.03. The van der Waals surface area contributed by atoms with Crippen LogP contribution in [0.4, 0.5) is 21.6 Å². The highest BCUT2D eigenvalue weighted by Crippen LogP contribution is 2.21. The molecule has 0 aliphatic heterocycles. The van der Waals surface area contributed by atoms with Crippen molar-refractivity contribution in [3.8, 4) is 0 Å². The number of aryl methyl sites for hydroxylation is 2. The van der Waals surface area contributed by atoms with E-state index in [2.05, 4.69) is 10.3 Å². The number of nitrogen functional groups attached to an aromatic ring is 1. The number of nitrogens with two attached hydrogens (primary N) is 1. The molecule has 3 N–H and O–H groups in total. The number of hydrogen-bond acceptors (Lipinski definition) is 3. The first-order valence-corrected chi connectivity index (χ1v) is 5.31. The number of nitrogens with one attached hydrogen (secondary N) is 1. The summed E-state index contributed by atoms with van der Waals surface area (Å²) < 4.78 is 13.5. The highest BCUT2D eigenvalue weighted by Gasteiger charge is 2.04. The van der Waals surface area contributed by atoms with Crippen LogP contribution in [0.2, 0.25) is 0 Å². The normalized spacial score (nSPS) is 10.3. The van der Waals surface area contributed by atoms with Gasteiger partial charge in [0.15, 0.2) is 0 Å². The van der Waals surface area contributed by atoms with Gasteiger partial charge in [-0.1, -0.05) is 6.07 Å². The van der Waals surface area contributed by atoms with Crippen LogP contribution >= 0.6 is 0 Å². The molecule has 0 radical (unpaired) electrons. The molecule has 0 aliphatic carbocycles. The third-order valence-electron chi connectivity index (χ3n) is 2.54. The van der Waals surface area contributed by atoms with E-state index in [-0.39, 0.29) is 5.82 Å². The van der Waals surface area contributed by atoms with Crippen molar-refractivity contribution in [1.29, 1.82) is 0 Å². The first-order valence-electron chi connectivity index (χ1n) is 5.31. The SMILES string of the molecule is Cc1ccc(F)c(Nc2cc(C)c(N)cn2)c1. The summed E-state index contributed by atoms with van der Waals surface area (Å²) in [5.74, 6) is 0.285. The summed E-state index contributed by atoms with van der Waals surface area (Å²) in [7, 11) is 0. The summed E-state index contributed by atoms with van der Waals surface area (Å²) >= 11 is 0. The highest BCUT2D eigenvalue weighted by atomic mass is 19.1. The molecule has 0 atom stereocenters. The van der Waals surface area contributed by atoms with Gasteiger partial charge in [0.05, 0.1) is 17.6 Å². The van der Waals surface area contributed by atoms with Gasteiger partial charge in [0.1, 0.15) is 11.6 Å². The van der Waals surface area contributed by atoms with E-state index in [9.17, 15) is 4.39 Å². The molecule has 2 aromatic rings. The first-order chi connectivity index (χ1) is 8.06. The molecule has 3 nitrogen and oxygen atoms in total. The van der Waals surface area contributed by atoms with Crippen molar-refractivity contribution in [2.24, 2.45) is 0 Å². The van der Waals surface area contributed by atoms with Gasteiger partial charge in [0.2, 0.25) is 0 Å².